The Morgan fingerprint density at radius 1 is 1.15 bits per heavy atom. The Bertz CT molecular complexity index is 2220. The van der Waals surface area contributed by atoms with Crippen molar-refractivity contribution >= 4 is 39.7 Å². The minimum absolute atomic E-state index is 0.00227. The molecule has 0 fully saturated rings. The van der Waals surface area contributed by atoms with E-state index in [1.807, 2.05) is 0 Å². The van der Waals surface area contributed by atoms with Crippen LogP contribution in [-0.2, 0) is 29.6 Å². The number of alkyl halides is 4. The third kappa shape index (κ3) is 9.23. The second-order valence-electron chi connectivity index (χ2n) is 13.5. The van der Waals surface area contributed by atoms with Crippen LogP contribution in [0.5, 0.6) is 0 Å². The number of aromatic nitrogens is 3. The molecule has 4 aromatic rings. The summed E-state index contributed by atoms with van der Waals surface area (Å²) in [5.74, 6) is -3.40. The van der Waals surface area contributed by atoms with Crippen molar-refractivity contribution in [1.29, 1.82) is 5.41 Å². The predicted molar refractivity (Wildman–Crippen MR) is 193 cm³/mol. The lowest BCUT2D eigenvalue weighted by Gasteiger charge is -2.24. The summed E-state index contributed by atoms with van der Waals surface area (Å²) in [6, 6.07) is 6.84. The fraction of sp³-hybridized carbons (Fsp3) is 0.351. The number of carbonyl (C=O) groups excluding carboxylic acids is 1. The Morgan fingerprint density at radius 3 is 2.42 bits per heavy atom. The maximum absolute atomic E-state index is 15.4. The number of allylic oxidation sites excluding steroid dienone is 2. The number of benzene rings is 2. The van der Waals surface area contributed by atoms with Crippen molar-refractivity contribution in [3.05, 3.63) is 88.1 Å². The Kier molecular flexibility index (Phi) is 11.9. The number of hydrogen-bond donors (Lipinski definition) is 5. The van der Waals surface area contributed by atoms with Gasteiger partial charge in [0.2, 0.25) is 11.7 Å². The highest BCUT2D eigenvalue weighted by Crippen LogP contribution is 2.44. The van der Waals surface area contributed by atoms with E-state index in [9.17, 15) is 32.0 Å². The van der Waals surface area contributed by atoms with E-state index in [1.54, 1.807) is 0 Å². The predicted octanol–water partition coefficient (Wildman–Crippen LogP) is 6.08. The number of fused-ring (bicyclic) bond motifs is 1. The van der Waals surface area contributed by atoms with E-state index in [2.05, 4.69) is 37.3 Å². The van der Waals surface area contributed by atoms with Gasteiger partial charge in [0.1, 0.15) is 40.7 Å². The van der Waals surface area contributed by atoms with Gasteiger partial charge in [0, 0.05) is 35.7 Å². The summed E-state index contributed by atoms with van der Waals surface area (Å²) in [4.78, 5) is 18.3. The first-order valence-corrected chi connectivity index (χ1v) is 18.2. The van der Waals surface area contributed by atoms with Crippen LogP contribution in [0.25, 0.3) is 22.0 Å². The first-order valence-electron chi connectivity index (χ1n) is 16.6. The van der Waals surface area contributed by atoms with E-state index in [1.165, 1.54) is 50.0 Å². The van der Waals surface area contributed by atoms with Gasteiger partial charge in [0.25, 0.3) is 12.3 Å². The third-order valence-electron chi connectivity index (χ3n) is 8.65. The van der Waals surface area contributed by atoms with Crippen LogP contribution >= 0.6 is 0 Å². The molecule has 0 saturated heterocycles. The molecule has 2 aromatic heterocycles. The van der Waals surface area contributed by atoms with Crippen molar-refractivity contribution in [3.8, 4) is 23.0 Å². The van der Waals surface area contributed by atoms with Gasteiger partial charge in [-0.05, 0) is 74.6 Å². The molecule has 0 radical (unpaired) electrons. The van der Waals surface area contributed by atoms with Crippen LogP contribution in [0.1, 0.15) is 50.2 Å². The molecule has 0 bridgehead atoms. The van der Waals surface area contributed by atoms with E-state index in [0.29, 0.717) is 6.07 Å². The fourth-order valence-corrected chi connectivity index (χ4v) is 6.65. The zero-order valence-electron chi connectivity index (χ0n) is 30.1. The number of anilines is 1. The van der Waals surface area contributed by atoms with Crippen molar-refractivity contribution in [1.82, 2.24) is 25.4 Å². The highest BCUT2D eigenvalue weighted by Gasteiger charge is 2.49. The number of rotatable bonds is 12. The minimum Gasteiger partial charge on any atom is -0.593 e. The number of hydrogen-bond acceptors (Lipinski definition) is 8. The van der Waals surface area contributed by atoms with Gasteiger partial charge in [-0.1, -0.05) is 12.8 Å². The minimum atomic E-state index is -3.67. The summed E-state index contributed by atoms with van der Waals surface area (Å²) in [7, 11) is 1.50. The average Bonchev–Trinajstić information content (AvgIpc) is 3.52. The lowest BCUT2D eigenvalue weighted by Crippen LogP contribution is -2.41. The summed E-state index contributed by atoms with van der Waals surface area (Å²) >= 11 is -1.65. The highest BCUT2D eigenvalue weighted by molar-refractivity contribution is 7.92. The van der Waals surface area contributed by atoms with Crippen LogP contribution in [0.15, 0.2) is 53.7 Å². The molecule has 2 aromatic carbocycles. The largest absolute Gasteiger partial charge is 0.593 e. The van der Waals surface area contributed by atoms with Crippen molar-refractivity contribution in [3.63, 3.8) is 0 Å². The lowest BCUT2D eigenvalue weighted by atomic mass is 9.93. The van der Waals surface area contributed by atoms with Gasteiger partial charge in [-0.2, -0.15) is 13.5 Å². The van der Waals surface area contributed by atoms with Gasteiger partial charge < -0.3 is 20.3 Å². The SMILES string of the molecule is C[C@@H]1CC(C(=N)C(F)F)=C(NCC(=O)NC(Cc2cc(F)cc(F)c2)c2nc(C#CC(C)(C)O)ccc2-c2ccc(F)c3c(N[S+](C)[O-])nn(C)c23)C1(F)F. The molecule has 0 saturated carbocycles. The first-order chi connectivity index (χ1) is 25.7. The molecular weight excluding hydrogens is 756 g/mol. The lowest BCUT2D eigenvalue weighted by molar-refractivity contribution is -0.121. The monoisotopic (exact) mass is 791 g/mol. The zero-order chi connectivity index (χ0) is 40.6. The molecule has 3 atom stereocenters. The van der Waals surface area contributed by atoms with Crippen LogP contribution in [0.3, 0.4) is 0 Å². The molecular formula is C37H36F7N7O3S. The van der Waals surface area contributed by atoms with Crippen LogP contribution < -0.4 is 15.4 Å². The second kappa shape index (κ2) is 15.9. The molecule has 1 amide bonds. The van der Waals surface area contributed by atoms with Crippen molar-refractivity contribution in [2.45, 2.75) is 57.6 Å². The van der Waals surface area contributed by atoms with E-state index in [4.69, 9.17) is 5.41 Å². The molecule has 5 N–H and O–H groups in total. The van der Waals surface area contributed by atoms with Gasteiger partial charge in [0.15, 0.2) is 0 Å². The van der Waals surface area contributed by atoms with Crippen LogP contribution in [0, 0.1) is 40.6 Å². The van der Waals surface area contributed by atoms with Gasteiger partial charge in [0.05, 0.1) is 46.2 Å². The smallest absolute Gasteiger partial charge is 0.290 e. The van der Waals surface area contributed by atoms with Crippen LogP contribution in [0.2, 0.25) is 0 Å². The van der Waals surface area contributed by atoms with Crippen molar-refractivity contribution < 1.29 is 45.2 Å². The van der Waals surface area contributed by atoms with Crippen LogP contribution in [-0.4, -0.2) is 66.8 Å². The van der Waals surface area contributed by atoms with Gasteiger partial charge in [-0.3, -0.25) is 14.9 Å². The molecule has 0 aliphatic heterocycles. The molecule has 1 aliphatic carbocycles. The Morgan fingerprint density at radius 2 is 1.80 bits per heavy atom. The maximum Gasteiger partial charge on any atom is 0.290 e. The van der Waals surface area contributed by atoms with Crippen molar-refractivity contribution in [2.24, 2.45) is 13.0 Å². The molecule has 10 nitrogen and oxygen atoms in total. The zero-order valence-corrected chi connectivity index (χ0v) is 30.9. The van der Waals surface area contributed by atoms with Gasteiger partial charge in [-0.15, -0.1) is 5.10 Å². The highest BCUT2D eigenvalue weighted by atomic mass is 32.2. The van der Waals surface area contributed by atoms with Crippen LogP contribution in [0.4, 0.5) is 36.6 Å². The van der Waals surface area contributed by atoms with Gasteiger partial charge in [-0.25, -0.2) is 26.9 Å². The second-order valence-corrected chi connectivity index (χ2v) is 14.6. The standard InChI is InChI=1S/C37H36F7N7O3S/c1-18-12-25(30(45)34(41)42)33(37(18,43)44)46-17-28(52)48-27(15-19-13-20(38)16-21(39)14-19)31-23(7-6-22(47-31)10-11-36(2,3)53)24-8-9-26(40)29-32(24)51(4)49-35(29)50-55(5)54/h6-9,13-14,16,18,27,34,45-46,53H,12,15,17H2,1-5H3,(H,48,52)(H,49,50)/t18-,27?,55?/m1/s1. The maximum atomic E-state index is 15.4. The number of aliphatic hydroxyl groups is 1. The average molecular weight is 792 g/mol. The number of aryl methyl sites for hydroxylation is 1. The molecule has 55 heavy (non-hydrogen) atoms. The fourth-order valence-electron chi connectivity index (χ4n) is 6.24. The Labute approximate surface area is 314 Å². The number of carbonyl (C=O) groups is 1. The number of amides is 1. The van der Waals surface area contributed by atoms with E-state index in [0.717, 1.165) is 25.1 Å². The Hall–Kier alpha value is -5.12. The number of halogens is 7. The molecule has 2 heterocycles. The third-order valence-corrected chi connectivity index (χ3v) is 9.13. The number of nitrogens with one attached hydrogen (secondary N) is 4. The summed E-state index contributed by atoms with van der Waals surface area (Å²) < 4.78 is 117. The molecule has 1 aliphatic rings. The molecule has 0 spiro atoms. The molecule has 2 unspecified atom stereocenters. The van der Waals surface area contributed by atoms with E-state index < -0.39 is 94.6 Å². The normalized spacial score (nSPS) is 16.5. The molecule has 18 heteroatoms. The number of nitrogens with zero attached hydrogens (tertiary/aromatic N) is 3. The van der Waals surface area contributed by atoms with E-state index >= 15 is 13.2 Å². The molecule has 292 valence electrons. The first kappa shape index (κ1) is 41.1. The summed E-state index contributed by atoms with van der Waals surface area (Å²) in [5, 5.41) is 27.1. The number of pyridine rings is 1. The summed E-state index contributed by atoms with van der Waals surface area (Å²) in [6.07, 6.45) is -2.91. The van der Waals surface area contributed by atoms with Gasteiger partial charge >= 0.3 is 0 Å². The summed E-state index contributed by atoms with van der Waals surface area (Å²) in [6.45, 7) is 3.08. The summed E-state index contributed by atoms with van der Waals surface area (Å²) in [5.41, 5.74) is -3.58. The molecule has 5 rings (SSSR count). The quantitative estimate of drug-likeness (QED) is 0.0505. The van der Waals surface area contributed by atoms with Crippen molar-refractivity contribution in [2.75, 3.05) is 17.5 Å². The van der Waals surface area contributed by atoms with E-state index in [-0.39, 0.29) is 51.2 Å². The Balaban J connectivity index is 1.66. The topological polar surface area (TPSA) is 151 Å².